The van der Waals surface area contributed by atoms with Gasteiger partial charge in [0.1, 0.15) is 12.4 Å². The molecule has 3 aromatic rings. The summed E-state index contributed by atoms with van der Waals surface area (Å²) in [5.74, 6) is 1.19. The lowest BCUT2D eigenvalue weighted by atomic mass is 10.2. The quantitative estimate of drug-likeness (QED) is 0.516. The molecule has 0 aliphatic heterocycles. The van der Waals surface area contributed by atoms with Gasteiger partial charge in [0.2, 0.25) is 5.91 Å². The maximum absolute atomic E-state index is 13.7. The van der Waals surface area contributed by atoms with E-state index in [1.54, 1.807) is 19.2 Å². The van der Waals surface area contributed by atoms with Gasteiger partial charge in [0.05, 0.1) is 18.6 Å². The van der Waals surface area contributed by atoms with Crippen molar-refractivity contribution in [2.24, 2.45) is 0 Å². The predicted molar refractivity (Wildman–Crippen MR) is 114 cm³/mol. The average molecular weight is 431 g/mol. The minimum atomic E-state index is -0.474. The van der Waals surface area contributed by atoms with Crippen molar-refractivity contribution >= 4 is 23.4 Å². The molecule has 0 radical (unpaired) electrons. The van der Waals surface area contributed by atoms with Crippen LogP contribution in [0.1, 0.15) is 18.3 Å². The Morgan fingerprint density at radius 3 is 2.73 bits per heavy atom. The van der Waals surface area contributed by atoms with Crippen LogP contribution in [0, 0.1) is 12.7 Å². The number of halogens is 1. The topological polar surface area (TPSA) is 78.3 Å². The standard InChI is InChI=1S/C21H23FN4O3S/c1-4-26-19(12-29-17-10-9-14(2)11-18(17)28-3)24-25-21(26)30-13-20(27)23-16-8-6-5-7-15(16)22/h5-11H,4,12-13H2,1-3H3,(H,23,27). The molecule has 2 aromatic carbocycles. The van der Waals surface area contributed by atoms with Crippen molar-refractivity contribution in [3.63, 3.8) is 0 Å². The Labute approximate surface area is 178 Å². The average Bonchev–Trinajstić information content (AvgIpc) is 3.14. The Balaban J connectivity index is 1.61. The number of nitrogens with zero attached hydrogens (tertiary/aromatic N) is 3. The van der Waals surface area contributed by atoms with Crippen molar-refractivity contribution in [3.8, 4) is 11.5 Å². The van der Waals surface area contributed by atoms with Crippen LogP contribution in [0.2, 0.25) is 0 Å². The van der Waals surface area contributed by atoms with Crippen LogP contribution >= 0.6 is 11.8 Å². The molecule has 0 spiro atoms. The first-order chi connectivity index (χ1) is 14.5. The van der Waals surface area contributed by atoms with Gasteiger partial charge in [-0.1, -0.05) is 30.0 Å². The fourth-order valence-electron chi connectivity index (χ4n) is 2.77. The molecule has 0 saturated heterocycles. The van der Waals surface area contributed by atoms with Gasteiger partial charge < -0.3 is 19.4 Å². The highest BCUT2D eigenvalue weighted by molar-refractivity contribution is 7.99. The van der Waals surface area contributed by atoms with E-state index in [4.69, 9.17) is 9.47 Å². The van der Waals surface area contributed by atoms with Crippen LogP contribution in [-0.4, -0.2) is 33.5 Å². The number of nitrogens with one attached hydrogen (secondary N) is 1. The Morgan fingerprint density at radius 1 is 1.20 bits per heavy atom. The van der Waals surface area contributed by atoms with Gasteiger partial charge in [-0.05, 0) is 43.7 Å². The second-order valence-corrected chi connectivity index (χ2v) is 7.35. The van der Waals surface area contributed by atoms with Crippen LogP contribution in [0.25, 0.3) is 0 Å². The number of carbonyl (C=O) groups is 1. The SMILES string of the molecule is CCn1c(COc2ccc(C)cc2OC)nnc1SCC(=O)Nc1ccccc1F. The number of benzene rings is 2. The van der Waals surface area contributed by atoms with Gasteiger partial charge in [-0.25, -0.2) is 4.39 Å². The summed E-state index contributed by atoms with van der Waals surface area (Å²) in [7, 11) is 1.59. The summed E-state index contributed by atoms with van der Waals surface area (Å²) < 4.78 is 26.8. The molecule has 7 nitrogen and oxygen atoms in total. The van der Waals surface area contributed by atoms with E-state index in [0.29, 0.717) is 29.0 Å². The largest absolute Gasteiger partial charge is 0.493 e. The number of para-hydroxylation sites is 1. The van der Waals surface area contributed by atoms with E-state index in [2.05, 4.69) is 15.5 Å². The number of rotatable bonds is 9. The predicted octanol–water partition coefficient (Wildman–Crippen LogP) is 4.06. The molecule has 0 aliphatic carbocycles. The van der Waals surface area contributed by atoms with Crippen LogP contribution < -0.4 is 14.8 Å². The van der Waals surface area contributed by atoms with Crippen LogP contribution in [0.4, 0.5) is 10.1 Å². The first-order valence-corrected chi connectivity index (χ1v) is 10.4. The number of carbonyl (C=O) groups excluding carboxylic acids is 1. The van der Waals surface area contributed by atoms with Crippen molar-refractivity contribution in [2.75, 3.05) is 18.2 Å². The molecule has 30 heavy (non-hydrogen) atoms. The zero-order valence-corrected chi connectivity index (χ0v) is 17.8. The molecule has 9 heteroatoms. The Bertz CT molecular complexity index is 1030. The third-order valence-corrected chi connectivity index (χ3v) is 5.23. The molecule has 0 fully saturated rings. The molecule has 0 bridgehead atoms. The Hall–Kier alpha value is -3.07. The normalized spacial score (nSPS) is 10.7. The maximum Gasteiger partial charge on any atom is 0.234 e. The van der Waals surface area contributed by atoms with Gasteiger partial charge in [0.15, 0.2) is 22.5 Å². The van der Waals surface area contributed by atoms with E-state index in [-0.39, 0.29) is 24.0 Å². The summed E-state index contributed by atoms with van der Waals surface area (Å²) in [4.78, 5) is 12.2. The second kappa shape index (κ2) is 10.1. The lowest BCUT2D eigenvalue weighted by Crippen LogP contribution is -2.15. The number of methoxy groups -OCH3 is 1. The molecule has 0 atom stereocenters. The molecule has 158 valence electrons. The minimum absolute atomic E-state index is 0.0825. The fourth-order valence-corrected chi connectivity index (χ4v) is 3.59. The van der Waals surface area contributed by atoms with Gasteiger partial charge in [-0.15, -0.1) is 10.2 Å². The molecule has 1 amide bonds. The third-order valence-electron chi connectivity index (χ3n) is 4.27. The molecule has 3 rings (SSSR count). The first-order valence-electron chi connectivity index (χ1n) is 9.38. The van der Waals surface area contributed by atoms with Crippen molar-refractivity contribution < 1.29 is 18.7 Å². The zero-order valence-electron chi connectivity index (χ0n) is 17.0. The van der Waals surface area contributed by atoms with Crippen LogP contribution in [-0.2, 0) is 17.9 Å². The number of thioether (sulfide) groups is 1. The molecular formula is C21H23FN4O3S. The van der Waals surface area contributed by atoms with Crippen LogP contribution in [0.15, 0.2) is 47.6 Å². The fraction of sp³-hybridized carbons (Fsp3) is 0.286. The summed E-state index contributed by atoms with van der Waals surface area (Å²) in [6.45, 7) is 4.77. The highest BCUT2D eigenvalue weighted by Gasteiger charge is 2.15. The van der Waals surface area contributed by atoms with Gasteiger partial charge in [0.25, 0.3) is 0 Å². The van der Waals surface area contributed by atoms with E-state index in [1.807, 2.05) is 36.6 Å². The van der Waals surface area contributed by atoms with E-state index in [9.17, 15) is 9.18 Å². The molecule has 0 aliphatic rings. The Kier molecular flexibility index (Phi) is 7.29. The number of anilines is 1. The van der Waals surface area contributed by atoms with Gasteiger partial charge in [-0.2, -0.15) is 0 Å². The first kappa shape index (κ1) is 21.6. The van der Waals surface area contributed by atoms with Crippen molar-refractivity contribution in [3.05, 3.63) is 59.7 Å². The number of aryl methyl sites for hydroxylation is 1. The molecule has 0 saturated carbocycles. The third kappa shape index (κ3) is 5.29. The smallest absolute Gasteiger partial charge is 0.234 e. The molecular weight excluding hydrogens is 407 g/mol. The van der Waals surface area contributed by atoms with E-state index in [1.165, 1.54) is 23.9 Å². The maximum atomic E-state index is 13.7. The molecule has 1 heterocycles. The lowest BCUT2D eigenvalue weighted by Gasteiger charge is -2.12. The number of amides is 1. The highest BCUT2D eigenvalue weighted by atomic mass is 32.2. The summed E-state index contributed by atoms with van der Waals surface area (Å²) in [5, 5.41) is 11.5. The van der Waals surface area contributed by atoms with E-state index in [0.717, 1.165) is 5.56 Å². The number of hydrogen-bond acceptors (Lipinski definition) is 6. The second-order valence-electron chi connectivity index (χ2n) is 6.40. The molecule has 1 aromatic heterocycles. The summed E-state index contributed by atoms with van der Waals surface area (Å²) >= 11 is 1.23. The number of aromatic nitrogens is 3. The van der Waals surface area contributed by atoms with E-state index >= 15 is 0 Å². The Morgan fingerprint density at radius 2 is 2.00 bits per heavy atom. The molecule has 1 N–H and O–H groups in total. The number of hydrogen-bond donors (Lipinski definition) is 1. The summed E-state index contributed by atoms with van der Waals surface area (Å²) in [6.07, 6.45) is 0. The summed E-state index contributed by atoms with van der Waals surface area (Å²) in [6, 6.07) is 11.7. The van der Waals surface area contributed by atoms with Gasteiger partial charge >= 0.3 is 0 Å². The minimum Gasteiger partial charge on any atom is -0.493 e. The van der Waals surface area contributed by atoms with Crippen molar-refractivity contribution in [1.82, 2.24) is 14.8 Å². The monoisotopic (exact) mass is 430 g/mol. The van der Waals surface area contributed by atoms with Gasteiger partial charge in [-0.3, -0.25) is 4.79 Å². The highest BCUT2D eigenvalue weighted by Crippen LogP contribution is 2.28. The van der Waals surface area contributed by atoms with Crippen molar-refractivity contribution in [2.45, 2.75) is 32.2 Å². The van der Waals surface area contributed by atoms with Crippen molar-refractivity contribution in [1.29, 1.82) is 0 Å². The number of ether oxygens (including phenoxy) is 2. The summed E-state index contributed by atoms with van der Waals surface area (Å²) in [5.41, 5.74) is 1.23. The lowest BCUT2D eigenvalue weighted by molar-refractivity contribution is -0.113. The zero-order chi connectivity index (χ0) is 21.5. The van der Waals surface area contributed by atoms with Gasteiger partial charge in [0, 0.05) is 6.54 Å². The van der Waals surface area contributed by atoms with Crippen LogP contribution in [0.5, 0.6) is 11.5 Å². The van der Waals surface area contributed by atoms with Crippen LogP contribution in [0.3, 0.4) is 0 Å². The molecule has 0 unspecified atom stereocenters. The van der Waals surface area contributed by atoms with E-state index < -0.39 is 5.82 Å².